The molecular weight excluding hydrogens is 302 g/mol. The Bertz CT molecular complexity index is 672. The van der Waals surface area contributed by atoms with Crippen molar-refractivity contribution in [2.24, 2.45) is 0 Å². The molecule has 1 atom stereocenters. The van der Waals surface area contributed by atoms with Gasteiger partial charge in [-0.25, -0.2) is 0 Å². The van der Waals surface area contributed by atoms with Gasteiger partial charge in [-0.15, -0.1) is 0 Å². The predicted octanol–water partition coefficient (Wildman–Crippen LogP) is 3.33. The summed E-state index contributed by atoms with van der Waals surface area (Å²) in [7, 11) is 1.69. The number of hydrogen-bond acceptors (Lipinski definition) is 4. The zero-order valence-electron chi connectivity index (χ0n) is 14.4. The Balaban J connectivity index is 1.60. The summed E-state index contributed by atoms with van der Waals surface area (Å²) < 4.78 is 16.8. The highest BCUT2D eigenvalue weighted by Crippen LogP contribution is 2.24. The van der Waals surface area contributed by atoms with Crippen LogP contribution in [0.1, 0.15) is 23.6 Å². The van der Waals surface area contributed by atoms with E-state index in [1.54, 1.807) is 7.11 Å². The minimum atomic E-state index is 0.331. The van der Waals surface area contributed by atoms with Crippen LogP contribution in [0, 0.1) is 0 Å². The van der Waals surface area contributed by atoms with Crippen molar-refractivity contribution >= 4 is 0 Å². The number of para-hydroxylation sites is 1. The van der Waals surface area contributed by atoms with E-state index in [1.807, 2.05) is 25.1 Å². The van der Waals surface area contributed by atoms with Gasteiger partial charge in [-0.1, -0.05) is 24.3 Å². The highest BCUT2D eigenvalue weighted by Gasteiger charge is 2.18. The van der Waals surface area contributed by atoms with Gasteiger partial charge in [0.15, 0.2) is 0 Å². The van der Waals surface area contributed by atoms with E-state index in [2.05, 4.69) is 29.6 Å². The number of nitrogens with one attached hydrogen (secondary N) is 1. The second-order valence-electron chi connectivity index (χ2n) is 5.98. The first-order valence-corrected chi connectivity index (χ1v) is 8.47. The quantitative estimate of drug-likeness (QED) is 0.847. The highest BCUT2D eigenvalue weighted by atomic mass is 16.5. The van der Waals surface area contributed by atoms with Crippen LogP contribution in [0.3, 0.4) is 0 Å². The predicted molar refractivity (Wildman–Crippen MR) is 94.6 cm³/mol. The van der Waals surface area contributed by atoms with Gasteiger partial charge in [0, 0.05) is 24.8 Å². The molecule has 2 aromatic rings. The second-order valence-corrected chi connectivity index (χ2v) is 5.98. The average Bonchev–Trinajstić information content (AvgIpc) is 2.64. The SMILES string of the molecule is CCOCc1cc(CNC2COc3ccccc3C2)ccc1OC. The van der Waals surface area contributed by atoms with Gasteiger partial charge in [-0.05, 0) is 42.7 Å². The third-order valence-electron chi connectivity index (χ3n) is 4.28. The van der Waals surface area contributed by atoms with Crippen LogP contribution in [0.5, 0.6) is 11.5 Å². The monoisotopic (exact) mass is 327 g/mol. The Morgan fingerprint density at radius 1 is 1.21 bits per heavy atom. The average molecular weight is 327 g/mol. The molecule has 128 valence electrons. The number of fused-ring (bicyclic) bond motifs is 1. The standard InChI is InChI=1S/C20H25NO3/c1-3-23-13-17-10-15(8-9-19(17)22-2)12-21-18-11-16-6-4-5-7-20(16)24-14-18/h4-10,18,21H,3,11-14H2,1-2H3. The maximum Gasteiger partial charge on any atom is 0.124 e. The molecule has 0 aromatic heterocycles. The maximum absolute atomic E-state index is 5.84. The third kappa shape index (κ3) is 4.08. The lowest BCUT2D eigenvalue weighted by atomic mass is 10.0. The van der Waals surface area contributed by atoms with E-state index in [-0.39, 0.29) is 0 Å². The number of methoxy groups -OCH3 is 1. The molecule has 4 heteroatoms. The number of ether oxygens (including phenoxy) is 3. The van der Waals surface area contributed by atoms with Crippen molar-refractivity contribution in [3.05, 3.63) is 59.2 Å². The molecule has 0 radical (unpaired) electrons. The van der Waals surface area contributed by atoms with Gasteiger partial charge >= 0.3 is 0 Å². The number of benzene rings is 2. The summed E-state index contributed by atoms with van der Waals surface area (Å²) in [5, 5.41) is 3.59. The minimum Gasteiger partial charge on any atom is -0.496 e. The summed E-state index contributed by atoms with van der Waals surface area (Å²) in [5.74, 6) is 1.89. The highest BCUT2D eigenvalue weighted by molar-refractivity contribution is 5.37. The van der Waals surface area contributed by atoms with E-state index in [0.717, 1.165) is 30.0 Å². The number of hydrogen-bond donors (Lipinski definition) is 1. The zero-order valence-corrected chi connectivity index (χ0v) is 14.4. The van der Waals surface area contributed by atoms with Crippen LogP contribution in [-0.2, 0) is 24.3 Å². The van der Waals surface area contributed by atoms with Crippen molar-refractivity contribution in [1.29, 1.82) is 0 Å². The zero-order chi connectivity index (χ0) is 16.8. The maximum atomic E-state index is 5.84. The summed E-state index contributed by atoms with van der Waals surface area (Å²) in [6.45, 7) is 4.79. The Morgan fingerprint density at radius 3 is 2.92 bits per heavy atom. The van der Waals surface area contributed by atoms with Gasteiger partial charge in [-0.2, -0.15) is 0 Å². The Hall–Kier alpha value is -2.04. The van der Waals surface area contributed by atoms with Gasteiger partial charge in [0.25, 0.3) is 0 Å². The molecule has 0 aliphatic carbocycles. The third-order valence-corrected chi connectivity index (χ3v) is 4.28. The molecule has 0 bridgehead atoms. The molecule has 1 heterocycles. The topological polar surface area (TPSA) is 39.7 Å². The van der Waals surface area contributed by atoms with E-state index >= 15 is 0 Å². The van der Waals surface area contributed by atoms with Gasteiger partial charge in [0.05, 0.1) is 13.7 Å². The van der Waals surface area contributed by atoms with Gasteiger partial charge in [0.2, 0.25) is 0 Å². The second kappa shape index (κ2) is 8.18. The molecule has 1 unspecified atom stereocenters. The Kier molecular flexibility index (Phi) is 5.72. The number of rotatable bonds is 7. The molecular formula is C20H25NO3. The van der Waals surface area contributed by atoms with E-state index in [0.29, 0.717) is 25.9 Å². The van der Waals surface area contributed by atoms with E-state index < -0.39 is 0 Å². The van der Waals surface area contributed by atoms with E-state index in [4.69, 9.17) is 14.2 Å². The van der Waals surface area contributed by atoms with Crippen LogP contribution in [0.15, 0.2) is 42.5 Å². The first-order chi connectivity index (χ1) is 11.8. The van der Waals surface area contributed by atoms with Crippen LogP contribution in [0.25, 0.3) is 0 Å². The summed E-state index contributed by atoms with van der Waals surface area (Å²) in [5.41, 5.74) is 3.58. The van der Waals surface area contributed by atoms with Crippen LogP contribution in [0.4, 0.5) is 0 Å². The molecule has 0 amide bonds. The lowest BCUT2D eigenvalue weighted by Crippen LogP contribution is -2.38. The summed E-state index contributed by atoms with van der Waals surface area (Å²) in [6, 6.07) is 14.8. The molecule has 1 aliphatic heterocycles. The largest absolute Gasteiger partial charge is 0.496 e. The molecule has 24 heavy (non-hydrogen) atoms. The molecule has 0 spiro atoms. The van der Waals surface area contributed by atoms with Gasteiger partial charge < -0.3 is 19.5 Å². The van der Waals surface area contributed by atoms with Crippen LogP contribution < -0.4 is 14.8 Å². The molecule has 1 aliphatic rings. The van der Waals surface area contributed by atoms with Crippen LogP contribution in [-0.4, -0.2) is 26.4 Å². The van der Waals surface area contributed by atoms with Crippen molar-refractivity contribution in [1.82, 2.24) is 5.32 Å². The Morgan fingerprint density at radius 2 is 2.08 bits per heavy atom. The Labute approximate surface area is 143 Å². The normalized spacial score (nSPS) is 16.3. The van der Waals surface area contributed by atoms with Crippen LogP contribution in [0.2, 0.25) is 0 Å². The van der Waals surface area contributed by atoms with Crippen LogP contribution >= 0.6 is 0 Å². The molecule has 2 aromatic carbocycles. The summed E-state index contributed by atoms with van der Waals surface area (Å²) in [6.07, 6.45) is 0.998. The van der Waals surface area contributed by atoms with Crippen molar-refractivity contribution in [2.45, 2.75) is 32.5 Å². The van der Waals surface area contributed by atoms with Crippen molar-refractivity contribution in [3.63, 3.8) is 0 Å². The van der Waals surface area contributed by atoms with Crippen molar-refractivity contribution in [3.8, 4) is 11.5 Å². The molecule has 3 rings (SSSR count). The first-order valence-electron chi connectivity index (χ1n) is 8.47. The summed E-state index contributed by atoms with van der Waals surface area (Å²) >= 11 is 0. The lowest BCUT2D eigenvalue weighted by Gasteiger charge is -2.26. The van der Waals surface area contributed by atoms with E-state index in [9.17, 15) is 0 Å². The fraction of sp³-hybridized carbons (Fsp3) is 0.400. The molecule has 0 fully saturated rings. The fourth-order valence-corrected chi connectivity index (χ4v) is 2.99. The molecule has 4 nitrogen and oxygen atoms in total. The van der Waals surface area contributed by atoms with Gasteiger partial charge in [-0.3, -0.25) is 0 Å². The fourth-order valence-electron chi connectivity index (χ4n) is 2.99. The van der Waals surface area contributed by atoms with Crippen molar-refractivity contribution < 1.29 is 14.2 Å². The van der Waals surface area contributed by atoms with Gasteiger partial charge in [0.1, 0.15) is 18.1 Å². The summed E-state index contributed by atoms with van der Waals surface area (Å²) in [4.78, 5) is 0. The smallest absolute Gasteiger partial charge is 0.124 e. The molecule has 1 N–H and O–H groups in total. The first kappa shape index (κ1) is 16.8. The molecule has 0 saturated heterocycles. The molecule has 0 saturated carbocycles. The minimum absolute atomic E-state index is 0.331. The van der Waals surface area contributed by atoms with Crippen molar-refractivity contribution in [2.75, 3.05) is 20.3 Å². The lowest BCUT2D eigenvalue weighted by molar-refractivity contribution is 0.132. The van der Waals surface area contributed by atoms with E-state index in [1.165, 1.54) is 11.1 Å².